The number of fused-ring (bicyclic) bond motifs is 2. The molecule has 0 amide bonds. The molecule has 1 spiro atoms. The normalized spacial score (nSPS) is 27.3. The molecule has 3 aliphatic rings. The molecule has 82 valence electrons. The first kappa shape index (κ1) is 9.06. The van der Waals surface area contributed by atoms with E-state index in [1.807, 2.05) is 12.1 Å². The zero-order chi connectivity index (χ0) is 11.5. The molecule has 1 aromatic carbocycles. The van der Waals surface area contributed by atoms with Gasteiger partial charge in [-0.25, -0.2) is 0 Å². The van der Waals surface area contributed by atoms with Crippen LogP contribution in [-0.2, 0) is 5.41 Å². The molecule has 17 heavy (non-hydrogen) atoms. The van der Waals surface area contributed by atoms with Crippen molar-refractivity contribution in [3.8, 4) is 5.75 Å². The molecule has 1 nitrogen and oxygen atoms in total. The second-order valence-corrected chi connectivity index (χ2v) is 4.95. The quantitative estimate of drug-likeness (QED) is 0.709. The lowest BCUT2D eigenvalue weighted by molar-refractivity contribution is 0.472. The lowest BCUT2D eigenvalue weighted by Crippen LogP contribution is -2.27. The van der Waals surface area contributed by atoms with Gasteiger partial charge >= 0.3 is 0 Å². The standard InChI is InChI=1S/C16H12O/c17-14-6-3-12-2-5-13-4-1-11-7-8-16(13,10-11)15(12)9-14/h1-9,17H,10H2. The van der Waals surface area contributed by atoms with Gasteiger partial charge in [-0.2, -0.15) is 0 Å². The first-order valence-corrected chi connectivity index (χ1v) is 5.90. The fourth-order valence-electron chi connectivity index (χ4n) is 3.15. The fourth-order valence-corrected chi connectivity index (χ4v) is 3.15. The molecule has 1 aromatic rings. The maximum absolute atomic E-state index is 9.72. The van der Waals surface area contributed by atoms with Crippen molar-refractivity contribution in [2.24, 2.45) is 0 Å². The van der Waals surface area contributed by atoms with E-state index in [9.17, 15) is 5.11 Å². The summed E-state index contributed by atoms with van der Waals surface area (Å²) in [7, 11) is 0. The van der Waals surface area contributed by atoms with Crippen LogP contribution in [0.3, 0.4) is 0 Å². The molecule has 0 aromatic heterocycles. The summed E-state index contributed by atoms with van der Waals surface area (Å²) in [5, 5.41) is 9.72. The number of hydrogen-bond donors (Lipinski definition) is 1. The van der Waals surface area contributed by atoms with Crippen LogP contribution in [0.1, 0.15) is 17.5 Å². The summed E-state index contributed by atoms with van der Waals surface area (Å²) in [6.45, 7) is 0. The highest BCUT2D eigenvalue weighted by molar-refractivity contribution is 5.73. The Kier molecular flexibility index (Phi) is 1.49. The highest BCUT2D eigenvalue weighted by Gasteiger charge is 2.41. The summed E-state index contributed by atoms with van der Waals surface area (Å²) in [5.41, 5.74) is 5.12. The minimum absolute atomic E-state index is 0.0209. The third-order valence-corrected chi connectivity index (χ3v) is 4.02. The minimum atomic E-state index is -0.0209. The lowest BCUT2D eigenvalue weighted by Gasteiger charge is -2.35. The average molecular weight is 220 g/mol. The molecule has 0 saturated carbocycles. The van der Waals surface area contributed by atoms with Crippen LogP contribution in [-0.4, -0.2) is 5.11 Å². The van der Waals surface area contributed by atoms with Gasteiger partial charge in [0.15, 0.2) is 0 Å². The van der Waals surface area contributed by atoms with Gasteiger partial charge in [-0.15, -0.1) is 0 Å². The fraction of sp³-hybridized carbons (Fsp3) is 0.125. The Morgan fingerprint density at radius 3 is 2.94 bits per heavy atom. The van der Waals surface area contributed by atoms with Gasteiger partial charge in [0.05, 0.1) is 0 Å². The summed E-state index contributed by atoms with van der Waals surface area (Å²) >= 11 is 0. The lowest BCUT2D eigenvalue weighted by atomic mass is 9.67. The Labute approximate surface area is 100 Å². The number of allylic oxidation sites excluding steroid dienone is 7. The second kappa shape index (κ2) is 2.80. The zero-order valence-corrected chi connectivity index (χ0v) is 9.35. The van der Waals surface area contributed by atoms with Gasteiger partial charge in [0, 0.05) is 5.41 Å². The molecule has 0 saturated heterocycles. The van der Waals surface area contributed by atoms with Crippen molar-refractivity contribution in [2.45, 2.75) is 11.8 Å². The van der Waals surface area contributed by atoms with Crippen molar-refractivity contribution in [1.82, 2.24) is 0 Å². The molecule has 1 unspecified atom stereocenters. The third kappa shape index (κ3) is 1.04. The Morgan fingerprint density at radius 1 is 1.06 bits per heavy atom. The van der Waals surface area contributed by atoms with E-state index in [0.717, 1.165) is 6.42 Å². The molecule has 0 fully saturated rings. The van der Waals surface area contributed by atoms with Gasteiger partial charge in [0.2, 0.25) is 0 Å². The van der Waals surface area contributed by atoms with Crippen LogP contribution in [0, 0.1) is 0 Å². The van der Waals surface area contributed by atoms with Crippen LogP contribution in [0.4, 0.5) is 0 Å². The van der Waals surface area contributed by atoms with Gasteiger partial charge in [0.25, 0.3) is 0 Å². The van der Waals surface area contributed by atoms with Crippen molar-refractivity contribution in [2.75, 3.05) is 0 Å². The van der Waals surface area contributed by atoms with E-state index in [-0.39, 0.29) is 5.41 Å². The first-order chi connectivity index (χ1) is 8.28. The van der Waals surface area contributed by atoms with Crippen LogP contribution in [0.25, 0.3) is 6.08 Å². The van der Waals surface area contributed by atoms with Crippen molar-refractivity contribution in [3.63, 3.8) is 0 Å². The monoisotopic (exact) mass is 220 g/mol. The van der Waals surface area contributed by atoms with Gasteiger partial charge < -0.3 is 5.11 Å². The predicted octanol–water partition coefficient (Wildman–Crippen LogP) is 3.48. The summed E-state index contributed by atoms with van der Waals surface area (Å²) in [4.78, 5) is 0. The molecular weight excluding hydrogens is 208 g/mol. The van der Waals surface area contributed by atoms with Crippen molar-refractivity contribution in [1.29, 1.82) is 0 Å². The topological polar surface area (TPSA) is 20.2 Å². The molecule has 0 aliphatic heterocycles. The Morgan fingerprint density at radius 2 is 2.00 bits per heavy atom. The van der Waals surface area contributed by atoms with E-state index in [1.54, 1.807) is 6.07 Å². The summed E-state index contributed by atoms with van der Waals surface area (Å²) in [5.74, 6) is 0.351. The van der Waals surface area contributed by atoms with Gasteiger partial charge in [0.1, 0.15) is 5.75 Å². The van der Waals surface area contributed by atoms with Crippen LogP contribution >= 0.6 is 0 Å². The molecule has 1 atom stereocenters. The largest absolute Gasteiger partial charge is 0.508 e. The molecule has 1 heteroatoms. The smallest absolute Gasteiger partial charge is 0.115 e. The highest BCUT2D eigenvalue weighted by atomic mass is 16.3. The van der Waals surface area contributed by atoms with E-state index in [1.165, 1.54) is 22.3 Å². The molecule has 1 N–H and O–H groups in total. The Bertz CT molecular complexity index is 643. The number of benzene rings is 1. The van der Waals surface area contributed by atoms with Crippen molar-refractivity contribution in [3.05, 3.63) is 70.9 Å². The summed E-state index contributed by atoms with van der Waals surface area (Å²) in [6.07, 6.45) is 14.2. The van der Waals surface area contributed by atoms with Crippen LogP contribution in [0.2, 0.25) is 0 Å². The van der Waals surface area contributed by atoms with E-state index >= 15 is 0 Å². The van der Waals surface area contributed by atoms with Crippen LogP contribution < -0.4 is 0 Å². The maximum Gasteiger partial charge on any atom is 0.115 e. The van der Waals surface area contributed by atoms with E-state index in [4.69, 9.17) is 0 Å². The molecule has 0 radical (unpaired) electrons. The SMILES string of the molecule is Oc1ccc2c(c1)C13C=CC(=CC=C1C=C2)C3. The minimum Gasteiger partial charge on any atom is -0.508 e. The van der Waals surface area contributed by atoms with Gasteiger partial charge in [-0.05, 0) is 40.8 Å². The molecular formula is C16H12O. The predicted molar refractivity (Wildman–Crippen MR) is 68.7 cm³/mol. The van der Waals surface area contributed by atoms with E-state index in [2.05, 4.69) is 36.5 Å². The van der Waals surface area contributed by atoms with Crippen molar-refractivity contribution < 1.29 is 5.11 Å². The second-order valence-electron chi connectivity index (χ2n) is 4.95. The van der Waals surface area contributed by atoms with Crippen LogP contribution in [0.15, 0.2) is 59.7 Å². The highest BCUT2D eigenvalue weighted by Crippen LogP contribution is 2.51. The summed E-state index contributed by atoms with van der Waals surface area (Å²) in [6, 6.07) is 5.66. The number of hydrogen-bond acceptors (Lipinski definition) is 1. The Balaban J connectivity index is 2.06. The van der Waals surface area contributed by atoms with Crippen LogP contribution in [0.5, 0.6) is 5.75 Å². The maximum atomic E-state index is 9.72. The molecule has 0 heterocycles. The third-order valence-electron chi connectivity index (χ3n) is 4.02. The number of phenols is 1. The van der Waals surface area contributed by atoms with E-state index in [0.29, 0.717) is 5.75 Å². The summed E-state index contributed by atoms with van der Waals surface area (Å²) < 4.78 is 0. The number of phenolic OH excluding ortho intramolecular Hbond substituents is 1. The van der Waals surface area contributed by atoms with Gasteiger partial charge in [-0.1, -0.05) is 42.5 Å². The number of rotatable bonds is 0. The van der Waals surface area contributed by atoms with Gasteiger partial charge in [-0.3, -0.25) is 0 Å². The average Bonchev–Trinajstić information content (AvgIpc) is 2.68. The molecule has 3 aliphatic carbocycles. The molecule has 4 rings (SSSR count). The van der Waals surface area contributed by atoms with E-state index < -0.39 is 0 Å². The first-order valence-electron chi connectivity index (χ1n) is 5.90. The Hall–Kier alpha value is -2.02. The van der Waals surface area contributed by atoms with Crippen molar-refractivity contribution >= 4 is 6.08 Å². The molecule has 2 bridgehead atoms. The zero-order valence-electron chi connectivity index (χ0n) is 9.35. The number of aromatic hydroxyl groups is 1.